The van der Waals surface area contributed by atoms with E-state index in [1.165, 1.54) is 12.1 Å². The predicted octanol–water partition coefficient (Wildman–Crippen LogP) is 2.93. The van der Waals surface area contributed by atoms with Crippen LogP contribution in [0.5, 0.6) is 0 Å². The molecule has 0 saturated heterocycles. The second-order valence-corrected chi connectivity index (χ2v) is 5.65. The van der Waals surface area contributed by atoms with Crippen LogP contribution in [0.4, 0.5) is 10.1 Å². The van der Waals surface area contributed by atoms with Crippen molar-refractivity contribution >= 4 is 17.5 Å². The van der Waals surface area contributed by atoms with Gasteiger partial charge in [0.05, 0.1) is 0 Å². The fraction of sp³-hybridized carbons (Fsp3) is 0.222. The third-order valence-corrected chi connectivity index (χ3v) is 4.07. The van der Waals surface area contributed by atoms with E-state index in [0.29, 0.717) is 11.3 Å². The number of amides is 2. The molecule has 2 N–H and O–H groups in total. The highest BCUT2D eigenvalue weighted by molar-refractivity contribution is 5.97. The highest BCUT2D eigenvalue weighted by Crippen LogP contribution is 2.47. The van der Waals surface area contributed by atoms with Crippen molar-refractivity contribution in [3.8, 4) is 0 Å². The van der Waals surface area contributed by atoms with E-state index >= 15 is 0 Å². The fourth-order valence-corrected chi connectivity index (χ4v) is 2.65. The van der Waals surface area contributed by atoms with Gasteiger partial charge in [0.25, 0.3) is 5.91 Å². The van der Waals surface area contributed by atoms with Crippen LogP contribution in [0.15, 0.2) is 48.5 Å². The first kappa shape index (κ1) is 15.2. The van der Waals surface area contributed by atoms with Gasteiger partial charge in [-0.1, -0.05) is 12.1 Å². The van der Waals surface area contributed by atoms with Gasteiger partial charge in [0, 0.05) is 24.2 Å². The van der Waals surface area contributed by atoms with Crippen LogP contribution < -0.4 is 10.6 Å². The van der Waals surface area contributed by atoms with E-state index in [2.05, 4.69) is 10.6 Å². The summed E-state index contributed by atoms with van der Waals surface area (Å²) in [4.78, 5) is 23.7. The molecule has 0 aromatic heterocycles. The molecule has 2 aromatic carbocycles. The summed E-state index contributed by atoms with van der Waals surface area (Å²) >= 11 is 0. The molecule has 0 aliphatic heterocycles. The number of carbonyl (C=O) groups is 2. The number of nitrogens with one attached hydrogen (secondary N) is 2. The van der Waals surface area contributed by atoms with Crippen molar-refractivity contribution in [3.63, 3.8) is 0 Å². The number of hydrogen-bond donors (Lipinski definition) is 2. The summed E-state index contributed by atoms with van der Waals surface area (Å²) in [6.07, 6.45) is 0.772. The van der Waals surface area contributed by atoms with Crippen molar-refractivity contribution in [1.82, 2.24) is 5.32 Å². The van der Waals surface area contributed by atoms with Gasteiger partial charge >= 0.3 is 0 Å². The van der Waals surface area contributed by atoms with Gasteiger partial charge in [0.2, 0.25) is 5.91 Å². The minimum Gasteiger partial charge on any atom is -0.355 e. The molecular weight excluding hydrogens is 295 g/mol. The van der Waals surface area contributed by atoms with Gasteiger partial charge in [-0.05, 0) is 54.3 Å². The van der Waals surface area contributed by atoms with Crippen molar-refractivity contribution < 1.29 is 14.0 Å². The average molecular weight is 312 g/mol. The topological polar surface area (TPSA) is 58.2 Å². The number of hydrogen-bond acceptors (Lipinski definition) is 2. The smallest absolute Gasteiger partial charge is 0.251 e. The standard InChI is InChI=1S/C18H17FN2O2/c1-20-17(22)12-4-8-14(9-5-12)21-18(23)16-10-15(16)11-2-6-13(19)7-3-11/h2-9,15-16H,10H2,1H3,(H,20,22)(H,21,23). The molecule has 3 rings (SSSR count). The first-order valence-corrected chi connectivity index (χ1v) is 7.47. The van der Waals surface area contributed by atoms with Gasteiger partial charge in [0.1, 0.15) is 5.82 Å². The molecule has 0 spiro atoms. The van der Waals surface area contributed by atoms with Crippen LogP contribution in [0.25, 0.3) is 0 Å². The molecular formula is C18H17FN2O2. The molecule has 0 radical (unpaired) electrons. The van der Waals surface area contributed by atoms with Crippen molar-refractivity contribution in [3.05, 3.63) is 65.5 Å². The molecule has 2 aromatic rings. The zero-order chi connectivity index (χ0) is 16.4. The Kier molecular flexibility index (Phi) is 4.10. The second-order valence-electron chi connectivity index (χ2n) is 5.65. The molecule has 1 aliphatic carbocycles. The Bertz CT molecular complexity index is 726. The lowest BCUT2D eigenvalue weighted by Crippen LogP contribution is -2.18. The highest BCUT2D eigenvalue weighted by atomic mass is 19.1. The Morgan fingerprint density at radius 3 is 2.30 bits per heavy atom. The normalized spacial score (nSPS) is 19.0. The molecule has 2 amide bonds. The Balaban J connectivity index is 1.60. The minimum atomic E-state index is -0.272. The molecule has 118 valence electrons. The SMILES string of the molecule is CNC(=O)c1ccc(NC(=O)C2CC2c2ccc(F)cc2)cc1. The molecule has 0 bridgehead atoms. The van der Waals surface area contributed by atoms with E-state index < -0.39 is 0 Å². The van der Waals surface area contributed by atoms with Crippen molar-refractivity contribution in [2.75, 3.05) is 12.4 Å². The predicted molar refractivity (Wildman–Crippen MR) is 85.7 cm³/mol. The molecule has 1 aliphatic rings. The molecule has 2 unspecified atom stereocenters. The van der Waals surface area contributed by atoms with Crippen molar-refractivity contribution in [1.29, 1.82) is 0 Å². The highest BCUT2D eigenvalue weighted by Gasteiger charge is 2.43. The van der Waals surface area contributed by atoms with E-state index in [4.69, 9.17) is 0 Å². The fourth-order valence-electron chi connectivity index (χ4n) is 2.65. The number of rotatable bonds is 4. The summed E-state index contributed by atoms with van der Waals surface area (Å²) < 4.78 is 12.9. The zero-order valence-electron chi connectivity index (χ0n) is 12.7. The number of carbonyl (C=O) groups excluding carboxylic acids is 2. The van der Waals surface area contributed by atoms with Crippen LogP contribution in [-0.2, 0) is 4.79 Å². The lowest BCUT2D eigenvalue weighted by atomic mass is 10.1. The van der Waals surface area contributed by atoms with Crippen LogP contribution in [0.3, 0.4) is 0 Å². The summed E-state index contributed by atoms with van der Waals surface area (Å²) in [6.45, 7) is 0. The van der Waals surface area contributed by atoms with E-state index in [9.17, 15) is 14.0 Å². The minimum absolute atomic E-state index is 0.0491. The van der Waals surface area contributed by atoms with E-state index in [-0.39, 0.29) is 29.5 Å². The first-order chi connectivity index (χ1) is 11.1. The Labute approximate surface area is 133 Å². The monoisotopic (exact) mass is 312 g/mol. The van der Waals surface area contributed by atoms with Gasteiger partial charge in [-0.3, -0.25) is 9.59 Å². The number of anilines is 1. The molecule has 5 heteroatoms. The van der Waals surface area contributed by atoms with Crippen LogP contribution in [0.1, 0.15) is 28.3 Å². The van der Waals surface area contributed by atoms with Crippen molar-refractivity contribution in [2.45, 2.75) is 12.3 Å². The second kappa shape index (κ2) is 6.20. The van der Waals surface area contributed by atoms with Crippen LogP contribution in [0, 0.1) is 11.7 Å². The van der Waals surface area contributed by atoms with E-state index in [0.717, 1.165) is 12.0 Å². The maximum absolute atomic E-state index is 12.9. The lowest BCUT2D eigenvalue weighted by Gasteiger charge is -2.06. The summed E-state index contributed by atoms with van der Waals surface area (Å²) in [5, 5.41) is 5.40. The Morgan fingerprint density at radius 1 is 1.04 bits per heavy atom. The summed E-state index contributed by atoms with van der Waals surface area (Å²) in [5.41, 5.74) is 2.19. The van der Waals surface area contributed by atoms with Gasteiger partial charge in [-0.15, -0.1) is 0 Å². The largest absolute Gasteiger partial charge is 0.355 e. The molecule has 2 atom stereocenters. The van der Waals surface area contributed by atoms with E-state index in [1.807, 2.05) is 0 Å². The maximum Gasteiger partial charge on any atom is 0.251 e. The van der Waals surface area contributed by atoms with Crippen molar-refractivity contribution in [2.24, 2.45) is 5.92 Å². The number of benzene rings is 2. The lowest BCUT2D eigenvalue weighted by molar-refractivity contribution is -0.117. The van der Waals surface area contributed by atoms with Crippen LogP contribution >= 0.6 is 0 Å². The summed E-state index contributed by atoms with van der Waals surface area (Å²) in [5.74, 6) is -0.417. The third kappa shape index (κ3) is 3.39. The van der Waals surface area contributed by atoms with E-state index in [1.54, 1.807) is 43.4 Å². The van der Waals surface area contributed by atoms with Crippen LogP contribution in [-0.4, -0.2) is 18.9 Å². The van der Waals surface area contributed by atoms with Gasteiger partial charge in [0.15, 0.2) is 0 Å². The molecule has 0 heterocycles. The molecule has 23 heavy (non-hydrogen) atoms. The molecule has 1 fully saturated rings. The molecule has 4 nitrogen and oxygen atoms in total. The zero-order valence-corrected chi connectivity index (χ0v) is 12.7. The van der Waals surface area contributed by atoms with Gasteiger partial charge in [-0.2, -0.15) is 0 Å². The maximum atomic E-state index is 12.9. The average Bonchev–Trinajstić information content (AvgIpc) is 3.36. The first-order valence-electron chi connectivity index (χ1n) is 7.47. The number of halogens is 1. The Hall–Kier alpha value is -2.69. The van der Waals surface area contributed by atoms with Crippen LogP contribution in [0.2, 0.25) is 0 Å². The summed E-state index contributed by atoms with van der Waals surface area (Å²) in [7, 11) is 1.57. The Morgan fingerprint density at radius 2 is 1.70 bits per heavy atom. The van der Waals surface area contributed by atoms with Gasteiger partial charge in [-0.25, -0.2) is 4.39 Å². The van der Waals surface area contributed by atoms with Gasteiger partial charge < -0.3 is 10.6 Å². The summed E-state index contributed by atoms with van der Waals surface area (Å²) in [6, 6.07) is 13.0. The third-order valence-electron chi connectivity index (χ3n) is 4.07. The molecule has 1 saturated carbocycles. The quantitative estimate of drug-likeness (QED) is 0.912.